The molecule has 0 saturated carbocycles. The van der Waals surface area contributed by atoms with Crippen LogP contribution in [0, 0.1) is 11.3 Å². The summed E-state index contributed by atoms with van der Waals surface area (Å²) in [5.41, 5.74) is 1.18. The molecule has 96 valence electrons. The molecule has 0 fully saturated rings. The molecule has 1 rings (SSSR count). The van der Waals surface area contributed by atoms with E-state index in [1.807, 2.05) is 29.8 Å². The summed E-state index contributed by atoms with van der Waals surface area (Å²) >= 11 is 1.82. The summed E-state index contributed by atoms with van der Waals surface area (Å²) in [6.45, 7) is 3.19. The van der Waals surface area contributed by atoms with Gasteiger partial charge in [-0.2, -0.15) is 5.26 Å². The smallest absolute Gasteiger partial charge is 0.160 e. The lowest BCUT2D eigenvalue weighted by atomic mass is 10.2. The van der Waals surface area contributed by atoms with Crippen LogP contribution in [0.3, 0.4) is 0 Å². The second-order valence-electron chi connectivity index (χ2n) is 4.12. The molecule has 0 spiro atoms. The highest BCUT2D eigenvalue weighted by Gasteiger charge is 2.06. The Morgan fingerprint density at radius 3 is 2.61 bits per heavy atom. The molecular formula is C14H18N2OS. The Bertz CT molecular complexity index is 422. The van der Waals surface area contributed by atoms with Crippen molar-refractivity contribution in [2.45, 2.75) is 24.8 Å². The first-order valence-corrected chi connectivity index (χ1v) is 6.93. The summed E-state index contributed by atoms with van der Waals surface area (Å²) in [6, 6.07) is 10.3. The van der Waals surface area contributed by atoms with Gasteiger partial charge in [-0.3, -0.25) is 9.69 Å². The van der Waals surface area contributed by atoms with Gasteiger partial charge in [-0.05, 0) is 30.5 Å². The zero-order valence-electron chi connectivity index (χ0n) is 10.8. The van der Waals surface area contributed by atoms with Crippen LogP contribution in [0.2, 0.25) is 0 Å². The third-order valence-corrected chi connectivity index (χ3v) is 3.30. The molecule has 0 aromatic heterocycles. The van der Waals surface area contributed by atoms with Crippen molar-refractivity contribution >= 4 is 17.5 Å². The number of nitriles is 1. The number of likely N-dealkylation sites (N-methyl/N-ethyl adjacent to an activating group) is 1. The van der Waals surface area contributed by atoms with Gasteiger partial charge in [0.1, 0.15) is 0 Å². The molecule has 4 heteroatoms. The van der Waals surface area contributed by atoms with Crippen LogP contribution >= 0.6 is 11.8 Å². The Labute approximate surface area is 113 Å². The van der Waals surface area contributed by atoms with Crippen LogP contribution in [0.5, 0.6) is 0 Å². The van der Waals surface area contributed by atoms with E-state index < -0.39 is 0 Å². The fourth-order valence-electron chi connectivity index (χ4n) is 1.67. The Hall–Kier alpha value is -1.31. The fraction of sp³-hybridized carbons (Fsp3) is 0.429. The molecule has 0 atom stereocenters. The van der Waals surface area contributed by atoms with E-state index in [0.717, 1.165) is 12.3 Å². The SMILES string of the molecule is CCSc1ccc(CN(C)CC(=O)CC#N)cc1. The lowest BCUT2D eigenvalue weighted by Gasteiger charge is -2.15. The van der Waals surface area contributed by atoms with Crippen LogP contribution in [0.15, 0.2) is 29.2 Å². The Balaban J connectivity index is 2.46. The molecule has 18 heavy (non-hydrogen) atoms. The zero-order chi connectivity index (χ0) is 13.4. The first-order chi connectivity index (χ1) is 8.65. The number of carbonyl (C=O) groups is 1. The normalized spacial score (nSPS) is 10.3. The highest BCUT2D eigenvalue weighted by Crippen LogP contribution is 2.18. The van der Waals surface area contributed by atoms with Crippen LogP contribution in [0.1, 0.15) is 18.9 Å². The minimum absolute atomic E-state index is 0.00355. The van der Waals surface area contributed by atoms with Crippen molar-refractivity contribution in [2.75, 3.05) is 19.3 Å². The number of hydrogen-bond acceptors (Lipinski definition) is 4. The van der Waals surface area contributed by atoms with Crippen LogP contribution in [-0.4, -0.2) is 30.0 Å². The van der Waals surface area contributed by atoms with Gasteiger partial charge in [0.05, 0.1) is 19.0 Å². The summed E-state index contributed by atoms with van der Waals surface area (Å²) in [6.07, 6.45) is -0.00355. The first kappa shape index (κ1) is 14.7. The van der Waals surface area contributed by atoms with Crippen molar-refractivity contribution in [3.05, 3.63) is 29.8 Å². The quantitative estimate of drug-likeness (QED) is 0.709. The van der Waals surface area contributed by atoms with Crippen molar-refractivity contribution < 1.29 is 4.79 Å². The van der Waals surface area contributed by atoms with Gasteiger partial charge in [0.25, 0.3) is 0 Å². The zero-order valence-corrected chi connectivity index (χ0v) is 11.7. The topological polar surface area (TPSA) is 44.1 Å². The standard InChI is InChI=1S/C14H18N2OS/c1-3-18-14-6-4-12(5-7-14)10-16(2)11-13(17)8-9-15/h4-7H,3,8,10-11H2,1-2H3. The maximum Gasteiger partial charge on any atom is 0.160 e. The number of hydrogen-bond donors (Lipinski definition) is 0. The van der Waals surface area contributed by atoms with Crippen LogP contribution < -0.4 is 0 Å². The van der Waals surface area contributed by atoms with Gasteiger partial charge >= 0.3 is 0 Å². The van der Waals surface area contributed by atoms with Gasteiger partial charge in [0.15, 0.2) is 5.78 Å². The number of ketones is 1. The Kier molecular flexibility index (Phi) is 6.48. The van der Waals surface area contributed by atoms with E-state index in [2.05, 4.69) is 31.2 Å². The van der Waals surface area contributed by atoms with Crippen LogP contribution in [-0.2, 0) is 11.3 Å². The molecule has 0 saturated heterocycles. The Morgan fingerprint density at radius 1 is 1.39 bits per heavy atom. The monoisotopic (exact) mass is 262 g/mol. The highest BCUT2D eigenvalue weighted by molar-refractivity contribution is 7.99. The third-order valence-electron chi connectivity index (χ3n) is 2.41. The molecule has 1 aromatic carbocycles. The van der Waals surface area contributed by atoms with Crippen molar-refractivity contribution in [1.82, 2.24) is 4.90 Å². The molecule has 0 aliphatic carbocycles. The van der Waals surface area contributed by atoms with Crippen molar-refractivity contribution in [3.8, 4) is 6.07 Å². The molecule has 0 heterocycles. The van der Waals surface area contributed by atoms with Gasteiger partial charge < -0.3 is 0 Å². The summed E-state index contributed by atoms with van der Waals surface area (Å²) < 4.78 is 0. The largest absolute Gasteiger partial charge is 0.297 e. The molecule has 0 amide bonds. The van der Waals surface area contributed by atoms with Crippen LogP contribution in [0.4, 0.5) is 0 Å². The molecular weight excluding hydrogens is 244 g/mol. The summed E-state index contributed by atoms with van der Waals surface area (Å²) in [4.78, 5) is 14.5. The average molecular weight is 262 g/mol. The van der Waals surface area contributed by atoms with Crippen molar-refractivity contribution in [1.29, 1.82) is 5.26 Å². The molecule has 0 aliphatic heterocycles. The van der Waals surface area contributed by atoms with Gasteiger partial charge in [-0.15, -0.1) is 11.8 Å². The molecule has 1 aromatic rings. The number of benzene rings is 1. The predicted octanol–water partition coefficient (Wildman–Crippen LogP) is 2.71. The summed E-state index contributed by atoms with van der Waals surface area (Å²) in [5.74, 6) is 1.04. The van der Waals surface area contributed by atoms with E-state index in [1.54, 1.807) is 0 Å². The fourth-order valence-corrected chi connectivity index (χ4v) is 2.33. The van der Waals surface area contributed by atoms with Crippen molar-refractivity contribution in [2.24, 2.45) is 0 Å². The maximum absolute atomic E-state index is 11.3. The highest BCUT2D eigenvalue weighted by atomic mass is 32.2. The number of nitrogens with zero attached hydrogens (tertiary/aromatic N) is 2. The predicted molar refractivity (Wildman–Crippen MR) is 74.4 cm³/mol. The van der Waals surface area contributed by atoms with E-state index in [9.17, 15) is 4.79 Å². The minimum Gasteiger partial charge on any atom is -0.297 e. The second-order valence-corrected chi connectivity index (χ2v) is 5.46. The average Bonchev–Trinajstić information content (AvgIpc) is 2.32. The molecule has 0 N–H and O–H groups in total. The van der Waals surface area contributed by atoms with Crippen molar-refractivity contribution in [3.63, 3.8) is 0 Å². The van der Waals surface area contributed by atoms with Gasteiger partial charge in [0, 0.05) is 11.4 Å². The minimum atomic E-state index is -0.0295. The molecule has 3 nitrogen and oxygen atoms in total. The van der Waals surface area contributed by atoms with Gasteiger partial charge in [-0.1, -0.05) is 19.1 Å². The van der Waals surface area contributed by atoms with E-state index in [0.29, 0.717) is 6.54 Å². The second kappa shape index (κ2) is 7.91. The van der Waals surface area contributed by atoms with E-state index in [1.165, 1.54) is 10.5 Å². The lowest BCUT2D eigenvalue weighted by molar-refractivity contribution is -0.119. The van der Waals surface area contributed by atoms with E-state index in [4.69, 9.17) is 5.26 Å². The van der Waals surface area contributed by atoms with E-state index >= 15 is 0 Å². The number of thioether (sulfide) groups is 1. The van der Waals surface area contributed by atoms with E-state index in [-0.39, 0.29) is 12.2 Å². The number of carbonyl (C=O) groups excluding carboxylic acids is 1. The van der Waals surface area contributed by atoms with Gasteiger partial charge in [-0.25, -0.2) is 0 Å². The number of Topliss-reactive ketones (excluding diaryl/α,β-unsaturated/α-hetero) is 1. The van der Waals surface area contributed by atoms with Gasteiger partial charge in [0.2, 0.25) is 0 Å². The molecule has 0 radical (unpaired) electrons. The lowest BCUT2D eigenvalue weighted by Crippen LogP contribution is -2.25. The maximum atomic E-state index is 11.3. The third kappa shape index (κ3) is 5.35. The Morgan fingerprint density at radius 2 is 2.06 bits per heavy atom. The molecule has 0 aliphatic rings. The summed E-state index contributed by atoms with van der Waals surface area (Å²) in [5, 5.41) is 8.43. The first-order valence-electron chi connectivity index (χ1n) is 5.94. The number of rotatable bonds is 7. The van der Waals surface area contributed by atoms with Crippen LogP contribution in [0.25, 0.3) is 0 Å². The summed E-state index contributed by atoms with van der Waals surface area (Å²) in [7, 11) is 1.89. The molecule has 0 unspecified atom stereocenters. The molecule has 0 bridgehead atoms.